The van der Waals surface area contributed by atoms with E-state index in [-0.39, 0.29) is 18.3 Å². The van der Waals surface area contributed by atoms with Crippen molar-refractivity contribution in [2.75, 3.05) is 29.9 Å². The molecule has 2 aromatic rings. The zero-order valence-corrected chi connectivity index (χ0v) is 17.5. The molecule has 0 unspecified atom stereocenters. The first-order chi connectivity index (χ1) is 12.9. The molecule has 144 valence electrons. The number of para-hydroxylation sites is 2. The Morgan fingerprint density at radius 2 is 1.63 bits per heavy atom. The third-order valence-electron chi connectivity index (χ3n) is 4.69. The summed E-state index contributed by atoms with van der Waals surface area (Å²) in [6.45, 7) is 5.37. The van der Waals surface area contributed by atoms with Crippen molar-refractivity contribution in [3.8, 4) is 5.75 Å². The molecule has 0 spiro atoms. The summed E-state index contributed by atoms with van der Waals surface area (Å²) in [5, 5.41) is 4.06. The van der Waals surface area contributed by atoms with Crippen LogP contribution in [0.3, 0.4) is 0 Å². The minimum Gasteiger partial charge on any atom is -0.481 e. The molecule has 3 rings (SSSR count). The molecule has 1 saturated heterocycles. The quantitative estimate of drug-likeness (QED) is 0.647. The van der Waals surface area contributed by atoms with Gasteiger partial charge in [-0.3, -0.25) is 4.79 Å². The molecule has 1 aliphatic rings. The minimum absolute atomic E-state index is 0.200. The first-order valence-electron chi connectivity index (χ1n) is 8.80. The predicted molar refractivity (Wildman–Crippen MR) is 113 cm³/mol. The third-order valence-corrected chi connectivity index (χ3v) is 6.17. The van der Waals surface area contributed by atoms with Crippen LogP contribution in [0.25, 0.3) is 0 Å². The van der Waals surface area contributed by atoms with Gasteiger partial charge in [0.15, 0.2) is 12.4 Å². The maximum atomic E-state index is 12.4. The molecule has 1 heterocycles. The Morgan fingerprint density at radius 3 is 2.26 bits per heavy atom. The summed E-state index contributed by atoms with van der Waals surface area (Å²) in [6, 6.07) is 7.78. The average molecular weight is 428 g/mol. The van der Waals surface area contributed by atoms with Crippen LogP contribution in [-0.4, -0.2) is 25.6 Å². The van der Waals surface area contributed by atoms with E-state index in [9.17, 15) is 4.79 Å². The van der Waals surface area contributed by atoms with Gasteiger partial charge in [0.2, 0.25) is 0 Å². The number of amides is 1. The Balaban J connectivity index is 1.72. The number of nitrogens with zero attached hydrogens (tertiary/aromatic N) is 1. The minimum atomic E-state index is -0.279. The summed E-state index contributed by atoms with van der Waals surface area (Å²) in [5.41, 5.74) is 3.15. The van der Waals surface area contributed by atoms with Crippen LogP contribution in [0.4, 0.5) is 11.4 Å². The van der Waals surface area contributed by atoms with E-state index in [4.69, 9.17) is 39.5 Å². The first-order valence-corrected chi connectivity index (χ1v) is 9.93. The van der Waals surface area contributed by atoms with Gasteiger partial charge in [-0.1, -0.05) is 46.9 Å². The van der Waals surface area contributed by atoms with Crippen molar-refractivity contribution in [1.82, 2.24) is 0 Å². The van der Waals surface area contributed by atoms with E-state index in [0.29, 0.717) is 26.2 Å². The monoisotopic (exact) mass is 426 g/mol. The summed E-state index contributed by atoms with van der Waals surface area (Å²) in [6.07, 6.45) is 2.33. The second-order valence-electron chi connectivity index (χ2n) is 6.57. The van der Waals surface area contributed by atoms with Gasteiger partial charge in [-0.15, -0.1) is 0 Å². The van der Waals surface area contributed by atoms with Crippen LogP contribution < -0.4 is 15.0 Å². The molecule has 0 bridgehead atoms. The summed E-state index contributed by atoms with van der Waals surface area (Å²) in [4.78, 5) is 14.7. The van der Waals surface area contributed by atoms with Crippen LogP contribution in [0, 0.1) is 13.8 Å². The van der Waals surface area contributed by atoms with Gasteiger partial charge in [0.25, 0.3) is 5.91 Å². The molecule has 4 nitrogen and oxygen atoms in total. The van der Waals surface area contributed by atoms with Crippen LogP contribution >= 0.6 is 34.8 Å². The molecule has 7 heteroatoms. The second kappa shape index (κ2) is 8.59. The number of carbonyl (C=O) groups excluding carboxylic acids is 1. The molecule has 0 aliphatic carbocycles. The summed E-state index contributed by atoms with van der Waals surface area (Å²) in [5.74, 6) is -0.000234. The Kier molecular flexibility index (Phi) is 6.40. The van der Waals surface area contributed by atoms with Crippen LogP contribution in [0.1, 0.15) is 24.0 Å². The van der Waals surface area contributed by atoms with E-state index < -0.39 is 0 Å². The molecule has 1 fully saturated rings. The highest BCUT2D eigenvalue weighted by Gasteiger charge is 2.20. The smallest absolute Gasteiger partial charge is 0.262 e. The number of halogens is 3. The number of hydrogen-bond donors (Lipinski definition) is 1. The van der Waals surface area contributed by atoms with Crippen LogP contribution in [0.5, 0.6) is 5.75 Å². The Labute approximate surface area is 174 Å². The fraction of sp³-hybridized carbons (Fsp3) is 0.350. The van der Waals surface area contributed by atoms with Gasteiger partial charge >= 0.3 is 0 Å². The highest BCUT2D eigenvalue weighted by atomic mass is 35.5. The molecule has 0 aromatic heterocycles. The van der Waals surface area contributed by atoms with Crippen molar-refractivity contribution in [2.24, 2.45) is 0 Å². The summed E-state index contributed by atoms with van der Waals surface area (Å²) in [7, 11) is 0. The lowest BCUT2D eigenvalue weighted by molar-refractivity contribution is -0.118. The average Bonchev–Trinajstić information content (AvgIpc) is 3.20. The molecular formula is C20H21Cl3N2O2. The lowest BCUT2D eigenvalue weighted by Gasteiger charge is -2.21. The standard InChI is InChI=1S/C20H21Cl3N2O2/c1-12-17(21)13(2)19(23)20(18(12)22)27-11-16(26)24-14-7-3-4-8-15(14)25-9-5-6-10-25/h3-4,7-8H,5-6,9-11H2,1-2H3,(H,24,26). The molecule has 2 aromatic carbocycles. The molecule has 0 saturated carbocycles. The van der Waals surface area contributed by atoms with Gasteiger partial charge in [0, 0.05) is 18.1 Å². The summed E-state index contributed by atoms with van der Waals surface area (Å²) < 4.78 is 5.64. The number of carbonyl (C=O) groups is 1. The SMILES string of the molecule is Cc1c(Cl)c(C)c(Cl)c(OCC(=O)Nc2ccccc2N2CCCC2)c1Cl. The lowest BCUT2D eigenvalue weighted by atomic mass is 10.1. The molecular weight excluding hydrogens is 407 g/mol. The fourth-order valence-corrected chi connectivity index (χ4v) is 4.00. The van der Waals surface area contributed by atoms with Gasteiger partial charge < -0.3 is 15.0 Å². The molecule has 0 radical (unpaired) electrons. The number of ether oxygens (including phenoxy) is 1. The first kappa shape index (κ1) is 20.1. The third kappa shape index (κ3) is 4.29. The van der Waals surface area contributed by atoms with Crippen molar-refractivity contribution >= 4 is 52.1 Å². The van der Waals surface area contributed by atoms with Gasteiger partial charge in [-0.25, -0.2) is 0 Å². The zero-order chi connectivity index (χ0) is 19.6. The number of hydrogen-bond acceptors (Lipinski definition) is 3. The van der Waals surface area contributed by atoms with Crippen molar-refractivity contribution < 1.29 is 9.53 Å². The summed E-state index contributed by atoms with van der Waals surface area (Å²) >= 11 is 18.8. The Bertz CT molecular complexity index is 836. The Hall–Kier alpha value is -1.62. The number of rotatable bonds is 5. The number of nitrogens with one attached hydrogen (secondary N) is 1. The molecule has 27 heavy (non-hydrogen) atoms. The largest absolute Gasteiger partial charge is 0.481 e. The number of benzene rings is 2. The predicted octanol–water partition coefficient (Wildman–Crippen LogP) is 5.88. The van der Waals surface area contributed by atoms with Crippen LogP contribution in [0.15, 0.2) is 24.3 Å². The highest BCUT2D eigenvalue weighted by Crippen LogP contribution is 2.42. The second-order valence-corrected chi connectivity index (χ2v) is 7.70. The molecule has 1 amide bonds. The zero-order valence-electron chi connectivity index (χ0n) is 15.2. The van der Waals surface area contributed by atoms with Crippen molar-refractivity contribution in [2.45, 2.75) is 26.7 Å². The molecule has 1 N–H and O–H groups in total. The van der Waals surface area contributed by atoms with Gasteiger partial charge in [-0.05, 0) is 49.9 Å². The molecule has 1 aliphatic heterocycles. The van der Waals surface area contributed by atoms with E-state index in [1.807, 2.05) is 24.3 Å². The van der Waals surface area contributed by atoms with E-state index in [0.717, 1.165) is 37.3 Å². The fourth-order valence-electron chi connectivity index (χ4n) is 3.17. The Morgan fingerprint density at radius 1 is 1.04 bits per heavy atom. The molecule has 0 atom stereocenters. The van der Waals surface area contributed by atoms with Gasteiger partial charge in [0.05, 0.1) is 21.4 Å². The van der Waals surface area contributed by atoms with Crippen LogP contribution in [-0.2, 0) is 4.79 Å². The lowest BCUT2D eigenvalue weighted by Crippen LogP contribution is -2.24. The maximum absolute atomic E-state index is 12.4. The van der Waals surface area contributed by atoms with Crippen molar-refractivity contribution in [1.29, 1.82) is 0 Å². The topological polar surface area (TPSA) is 41.6 Å². The van der Waals surface area contributed by atoms with E-state index in [2.05, 4.69) is 10.2 Å². The van der Waals surface area contributed by atoms with E-state index in [1.165, 1.54) is 0 Å². The van der Waals surface area contributed by atoms with Gasteiger partial charge in [0.1, 0.15) is 0 Å². The van der Waals surface area contributed by atoms with E-state index >= 15 is 0 Å². The van der Waals surface area contributed by atoms with E-state index in [1.54, 1.807) is 13.8 Å². The maximum Gasteiger partial charge on any atom is 0.262 e. The normalized spacial score (nSPS) is 13.7. The number of anilines is 2. The van der Waals surface area contributed by atoms with Crippen molar-refractivity contribution in [3.05, 3.63) is 50.5 Å². The van der Waals surface area contributed by atoms with Gasteiger partial charge in [-0.2, -0.15) is 0 Å². The van der Waals surface area contributed by atoms with Crippen molar-refractivity contribution in [3.63, 3.8) is 0 Å². The van der Waals surface area contributed by atoms with Crippen LogP contribution in [0.2, 0.25) is 15.1 Å². The highest BCUT2D eigenvalue weighted by molar-refractivity contribution is 6.42.